The van der Waals surface area contributed by atoms with Crippen molar-refractivity contribution in [2.24, 2.45) is 13.0 Å². The summed E-state index contributed by atoms with van der Waals surface area (Å²) in [5.74, 6) is -1.03. The highest BCUT2D eigenvalue weighted by atomic mass is 16.6. The lowest BCUT2D eigenvalue weighted by Crippen LogP contribution is -2.43. The highest BCUT2D eigenvalue weighted by Crippen LogP contribution is 2.27. The molecule has 168 valence electrons. The lowest BCUT2D eigenvalue weighted by atomic mass is 10.1. The zero-order valence-corrected chi connectivity index (χ0v) is 18.3. The number of aromatic nitrogens is 2. The summed E-state index contributed by atoms with van der Waals surface area (Å²) in [6.07, 6.45) is 0. The quantitative estimate of drug-likeness (QED) is 0.456. The smallest absolute Gasteiger partial charge is 0.344 e. The van der Waals surface area contributed by atoms with Crippen molar-refractivity contribution in [1.82, 2.24) is 9.13 Å². The molecule has 0 aliphatic heterocycles. The van der Waals surface area contributed by atoms with Gasteiger partial charge in [-0.1, -0.05) is 19.9 Å². The number of carbonyl (C=O) groups excluding carboxylic acids is 2. The van der Waals surface area contributed by atoms with E-state index >= 15 is 0 Å². The summed E-state index contributed by atoms with van der Waals surface area (Å²) in [7, 11) is 2.73. The van der Waals surface area contributed by atoms with Crippen LogP contribution in [0.3, 0.4) is 0 Å². The average Bonchev–Trinajstić information content (AvgIpc) is 2.72. The number of Topliss-reactive ketones (excluding diaryl/α,β-unsaturated/α-hetero) is 1. The molecule has 0 aliphatic carbocycles. The van der Waals surface area contributed by atoms with E-state index in [9.17, 15) is 19.2 Å². The molecule has 0 saturated heterocycles. The highest BCUT2D eigenvalue weighted by molar-refractivity contribution is 6.01. The Kier molecular flexibility index (Phi) is 7.62. The van der Waals surface area contributed by atoms with Crippen LogP contribution in [0.15, 0.2) is 27.8 Å². The fourth-order valence-corrected chi connectivity index (χ4v) is 2.88. The Labute approximate surface area is 179 Å². The van der Waals surface area contributed by atoms with Gasteiger partial charge >= 0.3 is 11.7 Å². The molecule has 0 fully saturated rings. The topological polar surface area (TPSA) is 132 Å². The van der Waals surface area contributed by atoms with Crippen LogP contribution in [0.5, 0.6) is 11.5 Å². The van der Waals surface area contributed by atoms with Crippen LogP contribution >= 0.6 is 0 Å². The monoisotopic (exact) mass is 433 g/mol. The number of rotatable bonds is 9. The molecule has 2 aromatic rings. The maximum atomic E-state index is 12.6. The summed E-state index contributed by atoms with van der Waals surface area (Å²) in [6.45, 7) is 4.66. The van der Waals surface area contributed by atoms with Crippen molar-refractivity contribution < 1.29 is 23.8 Å². The van der Waals surface area contributed by atoms with E-state index < -0.39 is 41.8 Å². The predicted molar refractivity (Wildman–Crippen MR) is 114 cm³/mol. The molecule has 1 heterocycles. The fourth-order valence-electron chi connectivity index (χ4n) is 2.88. The van der Waals surface area contributed by atoms with Crippen LogP contribution in [-0.4, -0.2) is 41.2 Å². The molecular weight excluding hydrogens is 406 g/mol. The van der Waals surface area contributed by atoms with E-state index in [0.29, 0.717) is 11.5 Å². The molecular formula is C21H27N3O7. The Morgan fingerprint density at radius 2 is 1.81 bits per heavy atom. The van der Waals surface area contributed by atoms with Gasteiger partial charge in [-0.2, -0.15) is 0 Å². The van der Waals surface area contributed by atoms with Gasteiger partial charge in [-0.05, 0) is 30.5 Å². The maximum absolute atomic E-state index is 12.6. The number of hydrogen-bond donors (Lipinski definition) is 1. The van der Waals surface area contributed by atoms with Crippen molar-refractivity contribution in [2.45, 2.75) is 27.3 Å². The molecule has 0 saturated carbocycles. The first-order valence-corrected chi connectivity index (χ1v) is 9.62. The first kappa shape index (κ1) is 23.7. The molecule has 1 aromatic heterocycles. The molecule has 0 unspecified atom stereocenters. The van der Waals surface area contributed by atoms with Crippen LogP contribution in [-0.2, 0) is 23.1 Å². The van der Waals surface area contributed by atoms with E-state index in [-0.39, 0.29) is 18.3 Å². The van der Waals surface area contributed by atoms with Crippen molar-refractivity contribution in [3.8, 4) is 11.5 Å². The lowest BCUT2D eigenvalue weighted by molar-refractivity contribution is -0.144. The van der Waals surface area contributed by atoms with Crippen LogP contribution in [0.2, 0.25) is 0 Å². The molecule has 0 aliphatic rings. The normalized spacial score (nSPS) is 10.8. The van der Waals surface area contributed by atoms with E-state index in [4.69, 9.17) is 19.9 Å². The van der Waals surface area contributed by atoms with Gasteiger partial charge in [0.2, 0.25) is 5.78 Å². The van der Waals surface area contributed by atoms with Crippen LogP contribution in [0, 0.1) is 12.8 Å². The minimum atomic E-state index is -0.843. The number of benzene rings is 1. The van der Waals surface area contributed by atoms with Gasteiger partial charge in [0.15, 0.2) is 24.7 Å². The Balaban J connectivity index is 2.11. The SMILES string of the molecule is COc1cc(C)ccc1OCC(=O)OCC(=O)c1c(N)n(CC(C)C)c(=O)n(C)c1=O. The maximum Gasteiger partial charge on any atom is 0.344 e. The number of methoxy groups -OCH3 is 1. The largest absolute Gasteiger partial charge is 0.493 e. The Bertz CT molecular complexity index is 1100. The number of ether oxygens (including phenoxy) is 3. The number of esters is 1. The lowest BCUT2D eigenvalue weighted by Gasteiger charge is -2.16. The van der Waals surface area contributed by atoms with Crippen molar-refractivity contribution in [3.05, 3.63) is 50.2 Å². The van der Waals surface area contributed by atoms with Crippen molar-refractivity contribution in [2.75, 3.05) is 26.1 Å². The summed E-state index contributed by atoms with van der Waals surface area (Å²) in [4.78, 5) is 49.3. The van der Waals surface area contributed by atoms with Gasteiger partial charge in [0.1, 0.15) is 11.4 Å². The van der Waals surface area contributed by atoms with Crippen LogP contribution in [0.4, 0.5) is 5.82 Å². The second-order valence-corrected chi connectivity index (χ2v) is 7.44. The third-order valence-corrected chi connectivity index (χ3v) is 4.44. The van der Waals surface area contributed by atoms with Crippen LogP contribution in [0.1, 0.15) is 29.8 Å². The molecule has 0 spiro atoms. The van der Waals surface area contributed by atoms with Crippen molar-refractivity contribution in [1.29, 1.82) is 0 Å². The molecule has 0 bridgehead atoms. The third kappa shape index (κ3) is 5.53. The minimum absolute atomic E-state index is 0.0502. The molecule has 31 heavy (non-hydrogen) atoms. The standard InChI is InChI=1S/C21H27N3O7/c1-12(2)9-24-19(22)18(20(27)23(4)21(24)28)14(25)10-31-17(26)11-30-15-7-6-13(3)8-16(15)29-5/h6-8,12H,9-11,22H2,1-5H3. The number of carbonyl (C=O) groups is 2. The molecule has 10 nitrogen and oxygen atoms in total. The van der Waals surface area contributed by atoms with E-state index in [1.165, 1.54) is 14.2 Å². The Morgan fingerprint density at radius 3 is 2.42 bits per heavy atom. The molecule has 0 radical (unpaired) electrons. The van der Waals surface area contributed by atoms with Gasteiger partial charge in [-0.15, -0.1) is 0 Å². The van der Waals surface area contributed by atoms with Gasteiger partial charge < -0.3 is 19.9 Å². The Hall–Kier alpha value is -3.56. The van der Waals surface area contributed by atoms with E-state index in [0.717, 1.165) is 14.7 Å². The van der Waals surface area contributed by atoms with Crippen LogP contribution in [0.25, 0.3) is 0 Å². The second-order valence-electron chi connectivity index (χ2n) is 7.44. The summed E-state index contributed by atoms with van der Waals surface area (Å²) in [5.41, 5.74) is 5.04. The second kappa shape index (κ2) is 9.96. The van der Waals surface area contributed by atoms with E-state index in [1.54, 1.807) is 18.2 Å². The molecule has 0 amide bonds. The van der Waals surface area contributed by atoms with Crippen LogP contribution < -0.4 is 26.5 Å². The number of nitrogen functional groups attached to an aromatic ring is 1. The van der Waals surface area contributed by atoms with Gasteiger partial charge in [-0.25, -0.2) is 9.59 Å². The first-order valence-electron chi connectivity index (χ1n) is 9.62. The molecule has 10 heteroatoms. The van der Waals surface area contributed by atoms with Gasteiger partial charge in [0.25, 0.3) is 5.56 Å². The molecule has 1 aromatic carbocycles. The van der Waals surface area contributed by atoms with Gasteiger partial charge in [0.05, 0.1) is 7.11 Å². The number of nitrogens with zero attached hydrogens (tertiary/aromatic N) is 2. The number of aryl methyl sites for hydroxylation is 1. The summed E-state index contributed by atoms with van der Waals surface area (Å²) >= 11 is 0. The number of ketones is 1. The summed E-state index contributed by atoms with van der Waals surface area (Å²) < 4.78 is 17.5. The molecule has 2 rings (SSSR count). The number of anilines is 1. The first-order chi connectivity index (χ1) is 14.6. The third-order valence-electron chi connectivity index (χ3n) is 4.44. The number of nitrogens with two attached hydrogens (primary N) is 1. The molecule has 2 N–H and O–H groups in total. The zero-order chi connectivity index (χ0) is 23.3. The highest BCUT2D eigenvalue weighted by Gasteiger charge is 2.23. The zero-order valence-electron chi connectivity index (χ0n) is 18.3. The summed E-state index contributed by atoms with van der Waals surface area (Å²) in [5, 5.41) is 0. The Morgan fingerprint density at radius 1 is 1.13 bits per heavy atom. The van der Waals surface area contributed by atoms with Crippen molar-refractivity contribution in [3.63, 3.8) is 0 Å². The predicted octanol–water partition coefficient (Wildman–Crippen LogP) is 0.907. The van der Waals surface area contributed by atoms with Crippen molar-refractivity contribution >= 4 is 17.6 Å². The fraction of sp³-hybridized carbons (Fsp3) is 0.429. The minimum Gasteiger partial charge on any atom is -0.493 e. The van der Waals surface area contributed by atoms with Gasteiger partial charge in [0, 0.05) is 13.6 Å². The van der Waals surface area contributed by atoms with E-state index in [1.807, 2.05) is 20.8 Å². The van der Waals surface area contributed by atoms with Gasteiger partial charge in [-0.3, -0.25) is 18.7 Å². The molecule has 0 atom stereocenters. The average molecular weight is 433 g/mol. The van der Waals surface area contributed by atoms with E-state index in [2.05, 4.69) is 0 Å². The number of hydrogen-bond acceptors (Lipinski definition) is 8. The summed E-state index contributed by atoms with van der Waals surface area (Å²) in [6, 6.07) is 5.18.